The maximum absolute atomic E-state index is 11.1. The van der Waals surface area contributed by atoms with Crippen LogP contribution in [0, 0.1) is 0 Å². The number of nitrogens with one attached hydrogen (secondary N) is 1. The predicted octanol–water partition coefficient (Wildman–Crippen LogP) is 1.31. The Labute approximate surface area is 79.8 Å². The summed E-state index contributed by atoms with van der Waals surface area (Å²) in [6.07, 6.45) is 0. The van der Waals surface area contributed by atoms with Crippen molar-refractivity contribution in [1.29, 1.82) is 0 Å². The number of carbonyl (C=O) groups excluding carboxylic acids is 1. The van der Waals surface area contributed by atoms with Crippen LogP contribution in [0.25, 0.3) is 10.4 Å². The molecule has 1 amide bonds. The van der Waals surface area contributed by atoms with Crippen LogP contribution in [0.4, 0.5) is 5.69 Å². The minimum Gasteiger partial charge on any atom is -0.376 e. The first-order chi connectivity index (χ1) is 6.77. The van der Waals surface area contributed by atoms with E-state index in [2.05, 4.69) is 15.3 Å². The number of nitrogens with zero attached hydrogens (tertiary/aromatic N) is 3. The van der Waals surface area contributed by atoms with E-state index in [4.69, 9.17) is 10.6 Å². The number of aliphatic hydroxyl groups is 1. The number of hydrogen-bond donors (Lipinski definition) is 2. The highest BCUT2D eigenvalue weighted by atomic mass is 16.3. The summed E-state index contributed by atoms with van der Waals surface area (Å²) in [4.78, 5) is 13.7. The van der Waals surface area contributed by atoms with Crippen molar-refractivity contribution in [3.8, 4) is 0 Å². The molecular weight excluding hydrogens is 184 g/mol. The van der Waals surface area contributed by atoms with Crippen LogP contribution < -0.4 is 5.32 Å². The largest absolute Gasteiger partial charge is 0.376 e. The molecule has 1 rings (SSSR count). The summed E-state index contributed by atoms with van der Waals surface area (Å²) in [6, 6.07) is 6.06. The Morgan fingerprint density at radius 1 is 1.50 bits per heavy atom. The van der Waals surface area contributed by atoms with Crippen LogP contribution in [0.1, 0.15) is 10.4 Å². The van der Waals surface area contributed by atoms with Crippen LogP contribution in [0.2, 0.25) is 0 Å². The highest BCUT2D eigenvalue weighted by molar-refractivity contribution is 5.94. The molecule has 0 bridgehead atoms. The molecule has 6 nitrogen and oxygen atoms in total. The highest BCUT2D eigenvalue weighted by Crippen LogP contribution is 2.12. The van der Waals surface area contributed by atoms with E-state index in [1.807, 2.05) is 0 Å². The third-order valence-corrected chi connectivity index (χ3v) is 1.53. The Morgan fingerprint density at radius 2 is 2.14 bits per heavy atom. The first kappa shape index (κ1) is 10.0. The van der Waals surface area contributed by atoms with E-state index in [-0.39, 0.29) is 5.91 Å². The maximum atomic E-state index is 11.1. The first-order valence-corrected chi connectivity index (χ1v) is 3.82. The van der Waals surface area contributed by atoms with Gasteiger partial charge in [0.2, 0.25) is 0 Å². The zero-order valence-electron chi connectivity index (χ0n) is 7.21. The topological polar surface area (TPSA) is 98.1 Å². The zero-order chi connectivity index (χ0) is 10.4. The minimum atomic E-state index is -0.406. The van der Waals surface area contributed by atoms with Crippen LogP contribution in [-0.2, 0) is 0 Å². The molecule has 0 unspecified atom stereocenters. The van der Waals surface area contributed by atoms with Gasteiger partial charge in [0, 0.05) is 16.2 Å². The van der Waals surface area contributed by atoms with Gasteiger partial charge in [-0.05, 0) is 17.7 Å². The van der Waals surface area contributed by atoms with Crippen molar-refractivity contribution < 1.29 is 9.90 Å². The minimum absolute atomic E-state index is 0.375. The lowest BCUT2D eigenvalue weighted by Crippen LogP contribution is -2.23. The summed E-state index contributed by atoms with van der Waals surface area (Å²) in [6.45, 7) is -0.406. The smallest absolute Gasteiger partial charge is 0.253 e. The SMILES string of the molecule is [N-]=[N+]=Nc1ccc(C(=O)NCO)cc1. The van der Waals surface area contributed by atoms with Crippen molar-refractivity contribution in [2.24, 2.45) is 5.11 Å². The molecule has 0 radical (unpaired) electrons. The molecule has 1 aromatic carbocycles. The molecule has 0 aliphatic carbocycles. The van der Waals surface area contributed by atoms with Crippen molar-refractivity contribution in [1.82, 2.24) is 5.32 Å². The summed E-state index contributed by atoms with van der Waals surface area (Å²) in [5.74, 6) is -0.375. The van der Waals surface area contributed by atoms with Gasteiger partial charge in [0.25, 0.3) is 5.91 Å². The lowest BCUT2D eigenvalue weighted by Gasteiger charge is -2.00. The van der Waals surface area contributed by atoms with Crippen LogP contribution in [-0.4, -0.2) is 17.7 Å². The van der Waals surface area contributed by atoms with Gasteiger partial charge >= 0.3 is 0 Å². The molecule has 2 N–H and O–H groups in total. The van der Waals surface area contributed by atoms with Gasteiger partial charge < -0.3 is 10.4 Å². The van der Waals surface area contributed by atoms with E-state index in [0.29, 0.717) is 11.3 Å². The normalized spacial score (nSPS) is 8.93. The number of benzene rings is 1. The van der Waals surface area contributed by atoms with Gasteiger partial charge in [0.15, 0.2) is 0 Å². The van der Waals surface area contributed by atoms with Gasteiger partial charge in [0.1, 0.15) is 6.73 Å². The van der Waals surface area contributed by atoms with Crippen molar-refractivity contribution in [3.05, 3.63) is 40.3 Å². The van der Waals surface area contributed by atoms with E-state index in [0.717, 1.165) is 0 Å². The van der Waals surface area contributed by atoms with Gasteiger partial charge in [-0.2, -0.15) is 0 Å². The summed E-state index contributed by atoms with van der Waals surface area (Å²) < 4.78 is 0. The Morgan fingerprint density at radius 3 is 2.64 bits per heavy atom. The molecule has 0 aliphatic heterocycles. The number of rotatable bonds is 3. The Bertz CT molecular complexity index is 367. The number of hydrogen-bond acceptors (Lipinski definition) is 3. The quantitative estimate of drug-likeness (QED) is 0.326. The number of aliphatic hydroxyl groups excluding tert-OH is 1. The second kappa shape index (κ2) is 4.86. The van der Waals surface area contributed by atoms with Gasteiger partial charge in [-0.25, -0.2) is 0 Å². The predicted molar refractivity (Wildman–Crippen MR) is 49.8 cm³/mol. The number of azide groups is 1. The average molecular weight is 192 g/mol. The van der Waals surface area contributed by atoms with Crippen molar-refractivity contribution in [2.75, 3.05) is 6.73 Å². The third-order valence-electron chi connectivity index (χ3n) is 1.53. The number of amides is 1. The fourth-order valence-electron chi connectivity index (χ4n) is 0.905. The number of carbonyl (C=O) groups is 1. The molecule has 1 aromatic rings. The van der Waals surface area contributed by atoms with Crippen LogP contribution in [0.15, 0.2) is 29.4 Å². The summed E-state index contributed by atoms with van der Waals surface area (Å²) in [5.41, 5.74) is 8.97. The van der Waals surface area contributed by atoms with Crippen molar-refractivity contribution in [3.63, 3.8) is 0 Å². The van der Waals surface area contributed by atoms with E-state index in [1.54, 1.807) is 0 Å². The Balaban J connectivity index is 2.82. The average Bonchev–Trinajstić information content (AvgIpc) is 2.20. The van der Waals surface area contributed by atoms with Crippen LogP contribution >= 0.6 is 0 Å². The molecule has 0 aromatic heterocycles. The molecule has 0 aliphatic rings. The fourth-order valence-corrected chi connectivity index (χ4v) is 0.905. The standard InChI is InChI=1S/C8H8N4O2/c9-12-11-7-3-1-6(2-4-7)8(14)10-5-13/h1-4,13H,5H2,(H,10,14). The van der Waals surface area contributed by atoms with Crippen LogP contribution in [0.5, 0.6) is 0 Å². The first-order valence-electron chi connectivity index (χ1n) is 3.82. The monoisotopic (exact) mass is 192 g/mol. The second-order valence-electron chi connectivity index (χ2n) is 2.40. The molecule has 0 fully saturated rings. The van der Waals surface area contributed by atoms with Gasteiger partial charge in [-0.3, -0.25) is 4.79 Å². The Kier molecular flexibility index (Phi) is 3.49. The van der Waals surface area contributed by atoms with Gasteiger partial charge in [0.05, 0.1) is 0 Å². The van der Waals surface area contributed by atoms with E-state index in [1.165, 1.54) is 24.3 Å². The van der Waals surface area contributed by atoms with E-state index >= 15 is 0 Å². The molecule has 72 valence electrons. The lowest BCUT2D eigenvalue weighted by atomic mass is 10.2. The molecule has 0 heterocycles. The maximum Gasteiger partial charge on any atom is 0.253 e. The van der Waals surface area contributed by atoms with Gasteiger partial charge in [-0.1, -0.05) is 17.2 Å². The summed E-state index contributed by atoms with van der Waals surface area (Å²) in [7, 11) is 0. The Hall–Kier alpha value is -2.04. The highest BCUT2D eigenvalue weighted by Gasteiger charge is 2.02. The molecule has 14 heavy (non-hydrogen) atoms. The second-order valence-corrected chi connectivity index (χ2v) is 2.40. The van der Waals surface area contributed by atoms with Crippen LogP contribution in [0.3, 0.4) is 0 Å². The molecular formula is C8H8N4O2. The van der Waals surface area contributed by atoms with E-state index in [9.17, 15) is 4.79 Å². The third kappa shape index (κ3) is 2.48. The lowest BCUT2D eigenvalue weighted by molar-refractivity contribution is 0.0910. The summed E-state index contributed by atoms with van der Waals surface area (Å²) >= 11 is 0. The molecule has 0 saturated carbocycles. The molecule has 0 atom stereocenters. The molecule has 6 heteroatoms. The molecule has 0 spiro atoms. The summed E-state index contributed by atoms with van der Waals surface area (Å²) in [5, 5.41) is 14.0. The van der Waals surface area contributed by atoms with Crippen molar-refractivity contribution in [2.45, 2.75) is 0 Å². The van der Waals surface area contributed by atoms with Gasteiger partial charge in [-0.15, -0.1) is 0 Å². The zero-order valence-corrected chi connectivity index (χ0v) is 7.21. The fraction of sp³-hybridized carbons (Fsp3) is 0.125. The molecule has 0 saturated heterocycles. The van der Waals surface area contributed by atoms with Crippen molar-refractivity contribution >= 4 is 11.6 Å². The van der Waals surface area contributed by atoms with E-state index < -0.39 is 6.73 Å².